The Bertz CT molecular complexity index is 718. The van der Waals surface area contributed by atoms with Crippen LogP contribution in [0, 0.1) is 0 Å². The highest BCUT2D eigenvalue weighted by Gasteiger charge is 2.29. The molecule has 136 valence electrons. The first kappa shape index (κ1) is 19.3. The summed E-state index contributed by atoms with van der Waals surface area (Å²) in [7, 11) is -1.47. The standard InChI is InChI=1S/C18H27N3O3Si/c1-5-8-14(20-17(23)12(19)11-25(2,3)4)16(22)18-21-13-9-6-7-10-15(13)24-18/h6-7,9-10,12,14H,5,8,11,19H2,1-4H3,(H,20,23)/t12-,14-/m0/s1. The molecule has 0 fully saturated rings. The van der Waals surface area contributed by atoms with Crippen molar-refractivity contribution < 1.29 is 14.0 Å². The van der Waals surface area contributed by atoms with Gasteiger partial charge in [-0.1, -0.05) is 45.1 Å². The fourth-order valence-corrected chi connectivity index (χ4v) is 4.22. The molecule has 0 aliphatic carbocycles. The molecule has 1 aromatic heterocycles. The van der Waals surface area contributed by atoms with Gasteiger partial charge in [0.05, 0.1) is 12.1 Å². The van der Waals surface area contributed by atoms with Gasteiger partial charge in [0, 0.05) is 8.07 Å². The maximum Gasteiger partial charge on any atom is 0.266 e. The number of nitrogens with two attached hydrogens (primary N) is 1. The Morgan fingerprint density at radius 3 is 2.56 bits per heavy atom. The SMILES string of the molecule is CCC[C@H](NC(=O)[C@@H](N)C[Si](C)(C)C)C(=O)c1nc2ccccc2o1. The highest BCUT2D eigenvalue weighted by atomic mass is 28.3. The van der Waals surface area contributed by atoms with Crippen molar-refractivity contribution in [3.05, 3.63) is 30.2 Å². The first-order chi connectivity index (χ1) is 11.7. The monoisotopic (exact) mass is 361 g/mol. The summed E-state index contributed by atoms with van der Waals surface area (Å²) in [5, 5.41) is 2.79. The van der Waals surface area contributed by atoms with Crippen LogP contribution in [0.4, 0.5) is 0 Å². The number of benzene rings is 1. The Morgan fingerprint density at radius 1 is 1.28 bits per heavy atom. The third-order valence-corrected chi connectivity index (χ3v) is 5.55. The summed E-state index contributed by atoms with van der Waals surface area (Å²) in [6.45, 7) is 8.44. The van der Waals surface area contributed by atoms with Crippen LogP contribution in [0.15, 0.2) is 28.7 Å². The zero-order valence-electron chi connectivity index (χ0n) is 15.3. The molecule has 0 radical (unpaired) electrons. The van der Waals surface area contributed by atoms with E-state index in [1.807, 2.05) is 19.1 Å². The van der Waals surface area contributed by atoms with E-state index in [0.717, 1.165) is 6.42 Å². The zero-order valence-corrected chi connectivity index (χ0v) is 16.3. The lowest BCUT2D eigenvalue weighted by molar-refractivity contribution is -0.122. The minimum Gasteiger partial charge on any atom is -0.434 e. The second-order valence-corrected chi connectivity index (χ2v) is 13.1. The lowest BCUT2D eigenvalue weighted by atomic mass is 10.1. The normalized spacial score (nSPS) is 14.3. The lowest BCUT2D eigenvalue weighted by Crippen LogP contribution is -2.50. The minimum absolute atomic E-state index is 0.0266. The number of nitrogens with one attached hydrogen (secondary N) is 1. The largest absolute Gasteiger partial charge is 0.434 e. The van der Waals surface area contributed by atoms with E-state index < -0.39 is 20.2 Å². The molecular weight excluding hydrogens is 334 g/mol. The van der Waals surface area contributed by atoms with Gasteiger partial charge in [0.1, 0.15) is 5.52 Å². The van der Waals surface area contributed by atoms with Gasteiger partial charge >= 0.3 is 0 Å². The number of fused-ring (bicyclic) bond motifs is 1. The number of oxazole rings is 1. The van der Waals surface area contributed by atoms with Crippen molar-refractivity contribution in [3.8, 4) is 0 Å². The fourth-order valence-electron chi connectivity index (χ4n) is 2.72. The number of nitrogens with zero attached hydrogens (tertiary/aromatic N) is 1. The molecule has 1 heterocycles. The Kier molecular flexibility index (Phi) is 6.13. The summed E-state index contributed by atoms with van der Waals surface area (Å²) in [5.74, 6) is -0.573. The average molecular weight is 362 g/mol. The minimum atomic E-state index is -1.47. The van der Waals surface area contributed by atoms with Gasteiger partial charge in [0.25, 0.3) is 5.89 Å². The smallest absolute Gasteiger partial charge is 0.266 e. The van der Waals surface area contributed by atoms with Crippen LogP contribution in [0.3, 0.4) is 0 Å². The van der Waals surface area contributed by atoms with Crippen LogP contribution in [-0.4, -0.2) is 36.8 Å². The molecule has 3 N–H and O–H groups in total. The maximum absolute atomic E-state index is 12.7. The highest BCUT2D eigenvalue weighted by Crippen LogP contribution is 2.17. The number of aromatic nitrogens is 1. The summed E-state index contributed by atoms with van der Waals surface area (Å²) in [6, 6.07) is 6.61. The molecule has 2 rings (SSSR count). The van der Waals surface area contributed by atoms with E-state index in [0.29, 0.717) is 23.6 Å². The van der Waals surface area contributed by atoms with E-state index in [1.165, 1.54) is 0 Å². The van der Waals surface area contributed by atoms with Gasteiger partial charge < -0.3 is 15.5 Å². The second kappa shape index (κ2) is 7.92. The summed E-state index contributed by atoms with van der Waals surface area (Å²) in [6.07, 6.45) is 1.27. The van der Waals surface area contributed by atoms with Gasteiger partial charge in [-0.2, -0.15) is 0 Å². The van der Waals surface area contributed by atoms with E-state index in [4.69, 9.17) is 10.2 Å². The number of amides is 1. The number of hydrogen-bond acceptors (Lipinski definition) is 5. The van der Waals surface area contributed by atoms with Gasteiger partial charge in [-0.05, 0) is 24.6 Å². The molecule has 0 unspecified atom stereocenters. The maximum atomic E-state index is 12.7. The van der Waals surface area contributed by atoms with Gasteiger partial charge in [-0.15, -0.1) is 0 Å². The Morgan fingerprint density at radius 2 is 1.96 bits per heavy atom. The van der Waals surface area contributed by atoms with Crippen molar-refractivity contribution >= 4 is 30.9 Å². The molecule has 0 saturated heterocycles. The number of carbonyl (C=O) groups excluding carboxylic acids is 2. The van der Waals surface area contributed by atoms with Crippen LogP contribution in [0.25, 0.3) is 11.1 Å². The molecule has 0 aliphatic rings. The van der Waals surface area contributed by atoms with Crippen LogP contribution >= 0.6 is 0 Å². The molecule has 1 amide bonds. The van der Waals surface area contributed by atoms with E-state index in [9.17, 15) is 9.59 Å². The van der Waals surface area contributed by atoms with E-state index in [2.05, 4.69) is 29.9 Å². The van der Waals surface area contributed by atoms with Crippen LogP contribution in [0.5, 0.6) is 0 Å². The molecule has 0 saturated carbocycles. The third-order valence-electron chi connectivity index (χ3n) is 3.88. The summed E-state index contributed by atoms with van der Waals surface area (Å²) < 4.78 is 5.54. The second-order valence-electron chi connectivity index (χ2n) is 7.57. The Labute approximate surface area is 149 Å². The molecule has 7 heteroatoms. The predicted octanol–water partition coefficient (Wildman–Crippen LogP) is 2.96. The van der Waals surface area contributed by atoms with E-state index >= 15 is 0 Å². The molecular formula is C18H27N3O3Si. The number of ketones is 1. The summed E-state index contributed by atoms with van der Waals surface area (Å²) >= 11 is 0. The number of rotatable bonds is 8. The van der Waals surface area contributed by atoms with Gasteiger partial charge in [0.15, 0.2) is 5.58 Å². The van der Waals surface area contributed by atoms with Gasteiger partial charge in [-0.3, -0.25) is 9.59 Å². The number of para-hydroxylation sites is 2. The molecule has 0 bridgehead atoms. The fraction of sp³-hybridized carbons (Fsp3) is 0.500. The van der Waals surface area contributed by atoms with Crippen molar-refractivity contribution in [1.82, 2.24) is 10.3 Å². The van der Waals surface area contributed by atoms with Crippen molar-refractivity contribution in [2.45, 2.75) is 57.5 Å². The molecule has 6 nitrogen and oxygen atoms in total. The Hall–Kier alpha value is -1.99. The Balaban J connectivity index is 2.13. The number of Topliss-reactive ketones (excluding diaryl/α,β-unsaturated/α-hetero) is 1. The molecule has 25 heavy (non-hydrogen) atoms. The van der Waals surface area contributed by atoms with Crippen molar-refractivity contribution in [2.24, 2.45) is 5.73 Å². The third kappa shape index (κ3) is 5.24. The first-order valence-corrected chi connectivity index (χ1v) is 12.4. The predicted molar refractivity (Wildman–Crippen MR) is 101 cm³/mol. The molecule has 2 aromatic rings. The van der Waals surface area contributed by atoms with Gasteiger partial charge in [-0.25, -0.2) is 4.98 Å². The van der Waals surface area contributed by atoms with Crippen molar-refractivity contribution in [2.75, 3.05) is 0 Å². The van der Waals surface area contributed by atoms with Crippen LogP contribution in [0.2, 0.25) is 25.7 Å². The molecule has 1 aromatic carbocycles. The average Bonchev–Trinajstić information content (AvgIpc) is 2.96. The molecule has 2 atom stereocenters. The zero-order chi connectivity index (χ0) is 18.6. The summed E-state index contributed by atoms with van der Waals surface area (Å²) in [5.41, 5.74) is 7.21. The van der Waals surface area contributed by atoms with Gasteiger partial charge in [0.2, 0.25) is 11.7 Å². The topological polar surface area (TPSA) is 98.2 Å². The van der Waals surface area contributed by atoms with Crippen molar-refractivity contribution in [3.63, 3.8) is 0 Å². The van der Waals surface area contributed by atoms with Crippen molar-refractivity contribution in [1.29, 1.82) is 0 Å². The van der Waals surface area contributed by atoms with E-state index in [1.54, 1.807) is 12.1 Å². The molecule has 0 aliphatic heterocycles. The van der Waals surface area contributed by atoms with E-state index in [-0.39, 0.29) is 17.6 Å². The quantitative estimate of drug-likeness (QED) is 0.556. The molecule has 0 spiro atoms. The number of hydrogen-bond donors (Lipinski definition) is 2. The number of carbonyl (C=O) groups is 2. The van der Waals surface area contributed by atoms with Crippen LogP contribution < -0.4 is 11.1 Å². The lowest BCUT2D eigenvalue weighted by Gasteiger charge is -2.23. The van der Waals surface area contributed by atoms with Crippen LogP contribution in [-0.2, 0) is 4.79 Å². The highest BCUT2D eigenvalue weighted by molar-refractivity contribution is 6.76. The van der Waals surface area contributed by atoms with Crippen LogP contribution in [0.1, 0.15) is 30.5 Å². The summed E-state index contributed by atoms with van der Waals surface area (Å²) in [4.78, 5) is 29.4. The first-order valence-electron chi connectivity index (χ1n) is 8.67.